The van der Waals surface area contributed by atoms with E-state index in [0.29, 0.717) is 24.3 Å². The number of H-pyrrole nitrogens is 1. The number of aromatic amines is 1. The monoisotopic (exact) mass is 492 g/mol. The fourth-order valence-corrected chi connectivity index (χ4v) is 4.89. The van der Waals surface area contributed by atoms with Gasteiger partial charge in [-0.25, -0.2) is 9.37 Å². The summed E-state index contributed by atoms with van der Waals surface area (Å²) in [4.78, 5) is 38.2. The van der Waals surface area contributed by atoms with Gasteiger partial charge in [-0.1, -0.05) is 6.07 Å². The van der Waals surface area contributed by atoms with Crippen LogP contribution in [0.1, 0.15) is 53.1 Å². The van der Waals surface area contributed by atoms with Gasteiger partial charge in [0.2, 0.25) is 0 Å². The Bertz CT molecular complexity index is 1170. The van der Waals surface area contributed by atoms with Crippen molar-refractivity contribution in [1.29, 1.82) is 0 Å². The SMILES string of the molecule is CCN(CC)C(=O)c1ccc(N(c2c(F)cccc2C(N)=O)C2CCN(Cc3cnc[nH]3)CC2)cc1. The van der Waals surface area contributed by atoms with E-state index in [1.165, 1.54) is 12.1 Å². The molecule has 0 saturated carbocycles. The van der Waals surface area contributed by atoms with E-state index >= 15 is 4.39 Å². The van der Waals surface area contributed by atoms with E-state index in [1.54, 1.807) is 29.4 Å². The van der Waals surface area contributed by atoms with Crippen molar-refractivity contribution in [1.82, 2.24) is 19.8 Å². The lowest BCUT2D eigenvalue weighted by Crippen LogP contribution is -2.43. The van der Waals surface area contributed by atoms with Crippen molar-refractivity contribution in [3.8, 4) is 0 Å². The van der Waals surface area contributed by atoms with Crippen molar-refractivity contribution in [2.75, 3.05) is 31.1 Å². The molecule has 1 saturated heterocycles. The zero-order chi connectivity index (χ0) is 25.7. The van der Waals surface area contributed by atoms with Gasteiger partial charge >= 0.3 is 0 Å². The standard InChI is InChI=1S/C27H33FN6O2/c1-3-33(4-2)27(36)19-8-10-21(11-9-19)34(25-23(26(29)35)6-5-7-24(25)28)22-12-14-32(15-13-22)17-20-16-30-18-31-20/h5-11,16,18,22H,3-4,12-15,17H2,1-2H3,(H2,29,35)(H,30,31). The molecule has 0 spiro atoms. The Balaban J connectivity index is 1.65. The highest BCUT2D eigenvalue weighted by molar-refractivity contribution is 6.00. The fraction of sp³-hybridized carbons (Fsp3) is 0.370. The molecule has 2 aromatic carbocycles. The number of amides is 2. The second-order valence-electron chi connectivity index (χ2n) is 8.98. The van der Waals surface area contributed by atoms with E-state index in [4.69, 9.17) is 5.73 Å². The molecule has 1 fully saturated rings. The molecule has 8 nitrogen and oxygen atoms in total. The molecule has 1 aromatic heterocycles. The lowest BCUT2D eigenvalue weighted by molar-refractivity contribution is 0.0772. The van der Waals surface area contributed by atoms with Crippen molar-refractivity contribution < 1.29 is 14.0 Å². The highest BCUT2D eigenvalue weighted by Crippen LogP contribution is 2.36. The number of halogens is 1. The first-order valence-electron chi connectivity index (χ1n) is 12.4. The van der Waals surface area contributed by atoms with E-state index in [2.05, 4.69) is 14.9 Å². The number of anilines is 2. The number of hydrogen-bond donors (Lipinski definition) is 2. The van der Waals surface area contributed by atoms with Crippen LogP contribution in [0.2, 0.25) is 0 Å². The second-order valence-corrected chi connectivity index (χ2v) is 8.98. The summed E-state index contributed by atoms with van der Waals surface area (Å²) >= 11 is 0. The number of nitrogens with zero attached hydrogens (tertiary/aromatic N) is 4. The lowest BCUT2D eigenvalue weighted by atomic mass is 9.98. The minimum atomic E-state index is -0.681. The molecule has 9 heteroatoms. The molecule has 2 amide bonds. The predicted molar refractivity (Wildman–Crippen MR) is 138 cm³/mol. The molecule has 3 aromatic rings. The summed E-state index contributed by atoms with van der Waals surface area (Å²) in [6.07, 6.45) is 5.02. The minimum Gasteiger partial charge on any atom is -0.366 e. The average Bonchev–Trinajstić information content (AvgIpc) is 3.40. The van der Waals surface area contributed by atoms with Crippen LogP contribution in [-0.4, -0.2) is 63.8 Å². The maximum atomic E-state index is 15.3. The summed E-state index contributed by atoms with van der Waals surface area (Å²) in [5.41, 5.74) is 8.30. The van der Waals surface area contributed by atoms with E-state index in [0.717, 1.165) is 38.2 Å². The summed E-state index contributed by atoms with van der Waals surface area (Å²) in [6, 6.07) is 11.5. The fourth-order valence-electron chi connectivity index (χ4n) is 4.89. The number of carbonyl (C=O) groups is 2. The molecule has 190 valence electrons. The van der Waals surface area contributed by atoms with Crippen molar-refractivity contribution in [2.45, 2.75) is 39.3 Å². The molecule has 4 rings (SSSR count). The summed E-state index contributed by atoms with van der Waals surface area (Å²) < 4.78 is 15.3. The number of carbonyl (C=O) groups excluding carboxylic acids is 2. The molecule has 3 N–H and O–H groups in total. The Morgan fingerprint density at radius 3 is 2.39 bits per heavy atom. The first kappa shape index (κ1) is 25.4. The van der Waals surface area contributed by atoms with Crippen LogP contribution in [0, 0.1) is 5.82 Å². The largest absolute Gasteiger partial charge is 0.366 e. The van der Waals surface area contributed by atoms with Gasteiger partial charge in [0.15, 0.2) is 0 Å². The molecular formula is C27H33FN6O2. The number of aromatic nitrogens is 2. The maximum Gasteiger partial charge on any atom is 0.253 e. The summed E-state index contributed by atoms with van der Waals surface area (Å²) in [5, 5.41) is 0. The van der Waals surface area contributed by atoms with Crippen molar-refractivity contribution in [3.05, 3.63) is 77.6 Å². The van der Waals surface area contributed by atoms with Gasteiger partial charge < -0.3 is 20.5 Å². The molecule has 0 aliphatic carbocycles. The van der Waals surface area contributed by atoms with Crippen LogP contribution in [0.15, 0.2) is 55.0 Å². The lowest BCUT2D eigenvalue weighted by Gasteiger charge is -2.40. The quantitative estimate of drug-likeness (QED) is 0.472. The Kier molecular flexibility index (Phi) is 8.00. The summed E-state index contributed by atoms with van der Waals surface area (Å²) in [5.74, 6) is -1.23. The van der Waals surface area contributed by atoms with E-state index in [1.807, 2.05) is 37.1 Å². The number of benzene rings is 2. The van der Waals surface area contributed by atoms with E-state index in [-0.39, 0.29) is 23.2 Å². The van der Waals surface area contributed by atoms with Gasteiger partial charge in [0.05, 0.1) is 17.6 Å². The maximum absolute atomic E-state index is 15.3. The minimum absolute atomic E-state index is 0.0473. The van der Waals surface area contributed by atoms with E-state index < -0.39 is 11.7 Å². The van der Waals surface area contributed by atoms with E-state index in [9.17, 15) is 9.59 Å². The van der Waals surface area contributed by atoms with Crippen molar-refractivity contribution >= 4 is 23.2 Å². The third kappa shape index (κ3) is 5.41. The first-order chi connectivity index (χ1) is 17.4. The number of rotatable bonds is 9. The van der Waals surface area contributed by atoms with Gasteiger partial charge in [-0.15, -0.1) is 0 Å². The number of nitrogens with two attached hydrogens (primary N) is 1. The third-order valence-electron chi connectivity index (χ3n) is 6.81. The van der Waals surface area contributed by atoms with Gasteiger partial charge in [-0.05, 0) is 63.1 Å². The number of primary amides is 1. The Labute approximate surface area is 210 Å². The Hall–Kier alpha value is -3.72. The molecular weight excluding hydrogens is 459 g/mol. The number of para-hydroxylation sites is 1. The number of imidazole rings is 1. The molecule has 1 aliphatic rings. The molecule has 0 radical (unpaired) electrons. The van der Waals surface area contributed by atoms with Crippen LogP contribution in [0.3, 0.4) is 0 Å². The number of nitrogens with one attached hydrogen (secondary N) is 1. The molecule has 36 heavy (non-hydrogen) atoms. The van der Waals surface area contributed by atoms with Crippen molar-refractivity contribution in [2.24, 2.45) is 5.73 Å². The van der Waals surface area contributed by atoms with Crippen LogP contribution >= 0.6 is 0 Å². The summed E-state index contributed by atoms with van der Waals surface area (Å²) in [7, 11) is 0. The smallest absolute Gasteiger partial charge is 0.253 e. The van der Waals surface area contributed by atoms with Gasteiger partial charge in [-0.2, -0.15) is 0 Å². The van der Waals surface area contributed by atoms with Crippen LogP contribution in [0.5, 0.6) is 0 Å². The normalized spacial score (nSPS) is 14.5. The third-order valence-corrected chi connectivity index (χ3v) is 6.81. The molecule has 2 heterocycles. The van der Waals surface area contributed by atoms with Gasteiger partial charge in [0.25, 0.3) is 11.8 Å². The van der Waals surface area contributed by atoms with Gasteiger partial charge in [-0.3, -0.25) is 14.5 Å². The van der Waals surface area contributed by atoms with Crippen molar-refractivity contribution in [3.63, 3.8) is 0 Å². The van der Waals surface area contributed by atoms with Crippen LogP contribution in [0.25, 0.3) is 0 Å². The number of likely N-dealkylation sites (tertiary alicyclic amines) is 1. The topological polar surface area (TPSA) is 98.6 Å². The molecule has 1 aliphatic heterocycles. The van der Waals surface area contributed by atoms with Gasteiger partial charge in [0.1, 0.15) is 5.82 Å². The van der Waals surface area contributed by atoms with Crippen LogP contribution < -0.4 is 10.6 Å². The zero-order valence-electron chi connectivity index (χ0n) is 20.8. The zero-order valence-corrected chi connectivity index (χ0v) is 20.8. The number of hydrogen-bond acceptors (Lipinski definition) is 5. The first-order valence-corrected chi connectivity index (χ1v) is 12.4. The number of piperidine rings is 1. The Morgan fingerprint density at radius 2 is 1.81 bits per heavy atom. The van der Waals surface area contributed by atoms with Gasteiger partial charge in [0, 0.05) is 61.9 Å². The highest BCUT2D eigenvalue weighted by Gasteiger charge is 2.30. The molecule has 0 atom stereocenters. The highest BCUT2D eigenvalue weighted by atomic mass is 19.1. The van der Waals surface area contributed by atoms with Crippen LogP contribution in [-0.2, 0) is 6.54 Å². The summed E-state index contributed by atoms with van der Waals surface area (Å²) in [6.45, 7) is 7.51. The molecule has 0 unspecified atom stereocenters. The molecule has 0 bridgehead atoms. The van der Waals surface area contributed by atoms with Crippen LogP contribution in [0.4, 0.5) is 15.8 Å². The average molecular weight is 493 g/mol. The second kappa shape index (κ2) is 11.3. The predicted octanol–water partition coefficient (Wildman–Crippen LogP) is 3.93. The Morgan fingerprint density at radius 1 is 1.11 bits per heavy atom.